The zero-order valence-corrected chi connectivity index (χ0v) is 12.3. The van der Waals surface area contributed by atoms with Crippen LogP contribution in [0.3, 0.4) is 0 Å². The highest BCUT2D eigenvalue weighted by molar-refractivity contribution is 7.80. The minimum absolute atomic E-state index is 0.429. The van der Waals surface area contributed by atoms with E-state index >= 15 is 0 Å². The highest BCUT2D eigenvalue weighted by atomic mass is 32.1. The third-order valence-corrected chi connectivity index (χ3v) is 3.78. The van der Waals surface area contributed by atoms with Crippen LogP contribution in [-0.4, -0.2) is 24.2 Å². The summed E-state index contributed by atoms with van der Waals surface area (Å²) in [6, 6.07) is 6.11. The Labute approximate surface area is 120 Å². The summed E-state index contributed by atoms with van der Waals surface area (Å²) in [6.07, 6.45) is 5.20. The van der Waals surface area contributed by atoms with Gasteiger partial charge in [0.05, 0.1) is 6.10 Å². The first-order valence-corrected chi connectivity index (χ1v) is 7.33. The first kappa shape index (κ1) is 14.3. The van der Waals surface area contributed by atoms with Crippen molar-refractivity contribution in [2.75, 3.05) is 18.5 Å². The molecule has 0 aliphatic carbocycles. The van der Waals surface area contributed by atoms with Crippen LogP contribution in [-0.2, 0) is 4.74 Å². The van der Waals surface area contributed by atoms with Crippen LogP contribution in [0.25, 0.3) is 0 Å². The fourth-order valence-corrected chi connectivity index (χ4v) is 2.69. The van der Waals surface area contributed by atoms with Gasteiger partial charge in [0.1, 0.15) is 4.99 Å². The van der Waals surface area contributed by atoms with Crippen LogP contribution in [0.15, 0.2) is 18.2 Å². The molecule has 0 aromatic heterocycles. The van der Waals surface area contributed by atoms with Gasteiger partial charge in [0.25, 0.3) is 0 Å². The molecule has 0 spiro atoms. The van der Waals surface area contributed by atoms with Crippen LogP contribution < -0.4 is 11.1 Å². The van der Waals surface area contributed by atoms with E-state index in [9.17, 15) is 0 Å². The van der Waals surface area contributed by atoms with Crippen LogP contribution in [0.4, 0.5) is 5.69 Å². The maximum atomic E-state index is 5.72. The van der Waals surface area contributed by atoms with E-state index in [1.807, 2.05) is 19.1 Å². The van der Waals surface area contributed by atoms with Gasteiger partial charge in [-0.25, -0.2) is 0 Å². The molecule has 4 heteroatoms. The summed E-state index contributed by atoms with van der Waals surface area (Å²) in [6.45, 7) is 3.90. The lowest BCUT2D eigenvalue weighted by molar-refractivity contribution is 0.0134. The van der Waals surface area contributed by atoms with Crippen molar-refractivity contribution < 1.29 is 4.74 Å². The fourth-order valence-electron chi connectivity index (χ4n) is 2.46. The lowest BCUT2D eigenvalue weighted by atomic mass is 10.1. The van der Waals surface area contributed by atoms with Gasteiger partial charge >= 0.3 is 0 Å². The molecule has 0 radical (unpaired) electrons. The summed E-state index contributed by atoms with van der Waals surface area (Å²) in [7, 11) is 0. The second-order valence-corrected chi connectivity index (χ2v) is 5.54. The average molecular weight is 278 g/mol. The Bertz CT molecular complexity index is 442. The van der Waals surface area contributed by atoms with Crippen molar-refractivity contribution in [2.45, 2.75) is 38.7 Å². The Kier molecular flexibility index (Phi) is 5.16. The van der Waals surface area contributed by atoms with Crippen molar-refractivity contribution in [1.29, 1.82) is 0 Å². The largest absolute Gasteiger partial charge is 0.389 e. The van der Waals surface area contributed by atoms with Crippen molar-refractivity contribution in [3.05, 3.63) is 29.3 Å². The van der Waals surface area contributed by atoms with E-state index in [0.717, 1.165) is 36.4 Å². The summed E-state index contributed by atoms with van der Waals surface area (Å²) in [5.74, 6) is 0. The number of anilines is 1. The van der Waals surface area contributed by atoms with E-state index in [2.05, 4.69) is 11.4 Å². The fraction of sp³-hybridized carbons (Fsp3) is 0.533. The molecule has 0 saturated carbocycles. The van der Waals surface area contributed by atoms with Crippen LogP contribution in [0.5, 0.6) is 0 Å². The number of hydrogen-bond acceptors (Lipinski definition) is 3. The molecule has 1 saturated heterocycles. The molecule has 0 amide bonds. The standard InChI is InChI=1S/C15H22N2OS/c1-11-10-12(5-6-14(11)15(16)19)17-8-7-13-4-2-3-9-18-13/h5-6,10,13,17H,2-4,7-9H2,1H3,(H2,16,19). The number of benzene rings is 1. The van der Waals surface area contributed by atoms with Gasteiger partial charge in [-0.15, -0.1) is 0 Å². The Morgan fingerprint density at radius 3 is 2.95 bits per heavy atom. The minimum Gasteiger partial charge on any atom is -0.389 e. The number of thiocarbonyl (C=S) groups is 1. The van der Waals surface area contributed by atoms with E-state index in [0.29, 0.717) is 11.1 Å². The smallest absolute Gasteiger partial charge is 0.104 e. The van der Waals surface area contributed by atoms with Crippen molar-refractivity contribution >= 4 is 22.9 Å². The van der Waals surface area contributed by atoms with Gasteiger partial charge in [-0.1, -0.05) is 12.2 Å². The van der Waals surface area contributed by atoms with Gasteiger partial charge in [0.2, 0.25) is 0 Å². The summed E-state index contributed by atoms with van der Waals surface area (Å²) in [5, 5.41) is 3.43. The van der Waals surface area contributed by atoms with E-state index in [1.54, 1.807) is 0 Å². The number of ether oxygens (including phenoxy) is 1. The Balaban J connectivity index is 1.82. The molecule has 2 rings (SSSR count). The zero-order valence-electron chi connectivity index (χ0n) is 11.4. The second kappa shape index (κ2) is 6.87. The van der Waals surface area contributed by atoms with Crippen molar-refractivity contribution in [3.63, 3.8) is 0 Å². The summed E-state index contributed by atoms with van der Waals surface area (Å²) in [5.41, 5.74) is 8.85. The topological polar surface area (TPSA) is 47.3 Å². The lowest BCUT2D eigenvalue weighted by Crippen LogP contribution is -2.22. The monoisotopic (exact) mass is 278 g/mol. The summed E-state index contributed by atoms with van der Waals surface area (Å²) >= 11 is 5.01. The lowest BCUT2D eigenvalue weighted by Gasteiger charge is -2.22. The maximum absolute atomic E-state index is 5.72. The second-order valence-electron chi connectivity index (χ2n) is 5.10. The van der Waals surface area contributed by atoms with Gasteiger partial charge in [0, 0.05) is 24.4 Å². The molecule has 1 aliphatic rings. The average Bonchev–Trinajstić information content (AvgIpc) is 2.39. The molecule has 19 heavy (non-hydrogen) atoms. The predicted octanol–water partition coefficient (Wildman–Crippen LogP) is 3.00. The Hall–Kier alpha value is -1.13. The van der Waals surface area contributed by atoms with Crippen LogP contribution in [0.1, 0.15) is 36.8 Å². The third-order valence-electron chi connectivity index (χ3n) is 3.56. The molecule has 1 fully saturated rings. The van der Waals surface area contributed by atoms with E-state index in [4.69, 9.17) is 22.7 Å². The number of rotatable bonds is 5. The van der Waals surface area contributed by atoms with E-state index < -0.39 is 0 Å². The SMILES string of the molecule is Cc1cc(NCCC2CCCCO2)ccc1C(N)=S. The van der Waals surface area contributed by atoms with Gasteiger partial charge in [-0.05, 0) is 56.4 Å². The highest BCUT2D eigenvalue weighted by Crippen LogP contribution is 2.18. The molecule has 104 valence electrons. The molecule has 0 bridgehead atoms. The number of nitrogens with one attached hydrogen (secondary N) is 1. The quantitative estimate of drug-likeness (QED) is 0.813. The summed E-state index contributed by atoms with van der Waals surface area (Å²) < 4.78 is 5.72. The molecule has 1 aliphatic heterocycles. The van der Waals surface area contributed by atoms with E-state index in [1.165, 1.54) is 19.3 Å². The normalized spacial score (nSPS) is 19.1. The first-order chi connectivity index (χ1) is 9.16. The number of nitrogens with two attached hydrogens (primary N) is 1. The van der Waals surface area contributed by atoms with Gasteiger partial charge in [-0.3, -0.25) is 0 Å². The molecule has 1 atom stereocenters. The molecular weight excluding hydrogens is 256 g/mol. The van der Waals surface area contributed by atoms with Crippen LogP contribution >= 0.6 is 12.2 Å². The van der Waals surface area contributed by atoms with Crippen molar-refractivity contribution in [3.8, 4) is 0 Å². The van der Waals surface area contributed by atoms with Gasteiger partial charge in [-0.2, -0.15) is 0 Å². The Morgan fingerprint density at radius 1 is 1.47 bits per heavy atom. The summed E-state index contributed by atoms with van der Waals surface area (Å²) in [4.78, 5) is 0.458. The highest BCUT2D eigenvalue weighted by Gasteiger charge is 2.13. The molecule has 1 heterocycles. The minimum atomic E-state index is 0.429. The molecule has 1 aromatic rings. The zero-order chi connectivity index (χ0) is 13.7. The third kappa shape index (κ3) is 4.18. The molecule has 1 aromatic carbocycles. The van der Waals surface area contributed by atoms with Gasteiger partial charge in [0.15, 0.2) is 0 Å². The molecule has 1 unspecified atom stereocenters. The predicted molar refractivity (Wildman–Crippen MR) is 83.8 cm³/mol. The van der Waals surface area contributed by atoms with Gasteiger partial charge < -0.3 is 15.8 Å². The molecule has 3 nitrogen and oxygen atoms in total. The molecule has 3 N–H and O–H groups in total. The van der Waals surface area contributed by atoms with Crippen molar-refractivity contribution in [1.82, 2.24) is 0 Å². The van der Waals surface area contributed by atoms with Crippen LogP contribution in [0.2, 0.25) is 0 Å². The molecular formula is C15H22N2OS. The maximum Gasteiger partial charge on any atom is 0.104 e. The number of aryl methyl sites for hydroxylation is 1. The van der Waals surface area contributed by atoms with Crippen molar-refractivity contribution in [2.24, 2.45) is 5.73 Å². The van der Waals surface area contributed by atoms with Crippen LogP contribution in [0, 0.1) is 6.92 Å². The van der Waals surface area contributed by atoms with E-state index in [-0.39, 0.29) is 0 Å². The first-order valence-electron chi connectivity index (χ1n) is 6.93. The number of hydrogen-bond donors (Lipinski definition) is 2. The Morgan fingerprint density at radius 2 is 2.32 bits per heavy atom.